The number of unbranched alkanes of at least 4 members (excludes halogenated alkanes) is 7. The molecule has 0 fully saturated rings. The van der Waals surface area contributed by atoms with Gasteiger partial charge in [-0.15, -0.1) is 0 Å². The molecule has 0 aliphatic carbocycles. The number of carbonyl (C=O) groups is 1. The van der Waals surface area contributed by atoms with Crippen LogP contribution in [0.25, 0.3) is 0 Å². The van der Waals surface area contributed by atoms with Gasteiger partial charge in [0.1, 0.15) is 12.7 Å². The van der Waals surface area contributed by atoms with Gasteiger partial charge in [0.25, 0.3) is 0 Å². The number of nitrogens with two attached hydrogens (primary N) is 1. The quantitative estimate of drug-likeness (QED) is 0.0290. The molecule has 0 saturated heterocycles. The van der Waals surface area contributed by atoms with E-state index in [1.807, 2.05) is 0 Å². The monoisotopic (exact) mass is 663 g/mol. The molecule has 9 heteroatoms. The average molecular weight is 664 g/mol. The van der Waals surface area contributed by atoms with Crippen LogP contribution >= 0.6 is 7.82 Å². The van der Waals surface area contributed by atoms with Gasteiger partial charge in [-0.2, -0.15) is 0 Å². The second-order valence-electron chi connectivity index (χ2n) is 10.9. The molecule has 46 heavy (non-hydrogen) atoms. The molecule has 0 aliphatic heterocycles. The number of aliphatic hydroxyl groups is 1. The van der Waals surface area contributed by atoms with Gasteiger partial charge >= 0.3 is 13.8 Å². The highest BCUT2D eigenvalue weighted by molar-refractivity contribution is 7.47. The SMILES string of the molecule is CC/C=C\C/C=C\C/C=C\C/C=C\C/C=C\C/C=C\C/C=C\CCCCCCCCCC(=O)OCC(O)COP(=O)(O)OCCN. The zero-order valence-electron chi connectivity index (χ0n) is 28.3. The Labute approximate surface area is 279 Å². The van der Waals surface area contributed by atoms with Crippen LogP contribution in [0.2, 0.25) is 0 Å². The number of carbonyl (C=O) groups excluding carboxylic acids is 1. The topological polar surface area (TPSA) is 128 Å². The number of phosphoric acid groups is 1. The van der Waals surface area contributed by atoms with Crippen molar-refractivity contribution in [3.05, 3.63) is 85.1 Å². The first kappa shape index (κ1) is 43.7. The number of phosphoric ester groups is 1. The number of hydrogen-bond donors (Lipinski definition) is 3. The van der Waals surface area contributed by atoms with Gasteiger partial charge in [-0.3, -0.25) is 13.8 Å². The van der Waals surface area contributed by atoms with E-state index in [4.69, 9.17) is 10.5 Å². The van der Waals surface area contributed by atoms with E-state index < -0.39 is 26.5 Å². The van der Waals surface area contributed by atoms with E-state index in [1.54, 1.807) is 0 Å². The third kappa shape index (κ3) is 34.6. The van der Waals surface area contributed by atoms with E-state index in [-0.39, 0.29) is 26.2 Å². The fraction of sp³-hybridized carbons (Fsp3) is 0.595. The van der Waals surface area contributed by atoms with Crippen LogP contribution in [-0.4, -0.2) is 48.4 Å². The second-order valence-corrected chi connectivity index (χ2v) is 12.3. The maximum Gasteiger partial charge on any atom is 0.472 e. The summed E-state index contributed by atoms with van der Waals surface area (Å²) < 4.78 is 25.7. The molecule has 4 N–H and O–H groups in total. The highest BCUT2D eigenvalue weighted by Gasteiger charge is 2.22. The maximum absolute atomic E-state index is 11.8. The van der Waals surface area contributed by atoms with Crippen molar-refractivity contribution in [2.45, 2.75) is 116 Å². The molecule has 2 atom stereocenters. The van der Waals surface area contributed by atoms with Gasteiger partial charge in [-0.25, -0.2) is 4.57 Å². The summed E-state index contributed by atoms with van der Waals surface area (Å²) >= 11 is 0. The van der Waals surface area contributed by atoms with E-state index in [1.165, 1.54) is 19.3 Å². The van der Waals surface area contributed by atoms with E-state index in [0.29, 0.717) is 0 Å². The average Bonchev–Trinajstić information content (AvgIpc) is 3.04. The Morgan fingerprint density at radius 1 is 0.652 bits per heavy atom. The minimum atomic E-state index is -4.26. The third-order valence-corrected chi connectivity index (χ3v) is 7.51. The Balaban J connectivity index is 3.55. The highest BCUT2D eigenvalue weighted by Crippen LogP contribution is 2.42. The zero-order chi connectivity index (χ0) is 33.8. The molecule has 0 aliphatic rings. The lowest BCUT2D eigenvalue weighted by Gasteiger charge is -2.15. The first-order chi connectivity index (χ1) is 22.4. The molecule has 0 aromatic rings. The van der Waals surface area contributed by atoms with Crippen molar-refractivity contribution in [1.29, 1.82) is 0 Å². The number of esters is 1. The van der Waals surface area contributed by atoms with Gasteiger partial charge in [0, 0.05) is 13.0 Å². The van der Waals surface area contributed by atoms with Crippen LogP contribution in [0.5, 0.6) is 0 Å². The molecular weight excluding hydrogens is 601 g/mol. The minimum Gasteiger partial charge on any atom is -0.463 e. The van der Waals surface area contributed by atoms with Crippen LogP contribution < -0.4 is 5.73 Å². The van der Waals surface area contributed by atoms with Crippen molar-refractivity contribution in [3.63, 3.8) is 0 Å². The summed E-state index contributed by atoms with van der Waals surface area (Å²) in [6, 6.07) is 0. The lowest BCUT2D eigenvalue weighted by atomic mass is 10.1. The molecule has 0 aromatic heterocycles. The zero-order valence-corrected chi connectivity index (χ0v) is 29.2. The number of rotatable bonds is 31. The van der Waals surface area contributed by atoms with E-state index >= 15 is 0 Å². The molecular formula is C37H62NO7P. The van der Waals surface area contributed by atoms with Crippen molar-refractivity contribution in [3.8, 4) is 0 Å². The number of allylic oxidation sites excluding steroid dienone is 14. The predicted octanol–water partition coefficient (Wildman–Crippen LogP) is 9.14. The molecule has 0 saturated carbocycles. The van der Waals surface area contributed by atoms with Crippen molar-refractivity contribution >= 4 is 13.8 Å². The normalized spacial score (nSPS) is 14.8. The van der Waals surface area contributed by atoms with E-state index in [2.05, 4.69) is 101 Å². The molecule has 0 rings (SSSR count). The smallest absolute Gasteiger partial charge is 0.463 e. The Bertz CT molecular complexity index is 969. The van der Waals surface area contributed by atoms with Crippen LogP contribution in [-0.2, 0) is 23.1 Å². The van der Waals surface area contributed by atoms with Gasteiger partial charge in [-0.05, 0) is 64.2 Å². The maximum atomic E-state index is 11.8. The largest absolute Gasteiger partial charge is 0.472 e. The first-order valence-electron chi connectivity index (χ1n) is 17.1. The first-order valence-corrected chi connectivity index (χ1v) is 18.6. The van der Waals surface area contributed by atoms with Gasteiger partial charge in [0.2, 0.25) is 0 Å². The molecule has 0 heterocycles. The van der Waals surface area contributed by atoms with Gasteiger partial charge in [-0.1, -0.05) is 124 Å². The summed E-state index contributed by atoms with van der Waals surface area (Å²) in [6.07, 6.45) is 45.9. The molecule has 2 unspecified atom stereocenters. The van der Waals surface area contributed by atoms with Gasteiger partial charge in [0.05, 0.1) is 13.2 Å². The molecule has 0 spiro atoms. The van der Waals surface area contributed by atoms with E-state index in [0.717, 1.165) is 77.0 Å². The Morgan fingerprint density at radius 2 is 1.09 bits per heavy atom. The standard InChI is InChI=1S/C37H62NO7P/c1-2-3-4-5-6-7-8-9-10-11-12-13-14-15-16-17-18-19-20-21-22-23-24-25-26-27-28-29-30-31-37(40)43-34-36(39)35-45-46(41,42)44-33-32-38/h3-4,6-7,9-10,12-13,15-16,18-19,21-22,36,39H,2,5,8,11,14,17,20,23-35,38H2,1H3,(H,41,42)/b4-3-,7-6-,10-9-,13-12-,16-15-,19-18-,22-21-. The minimum absolute atomic E-state index is 0.0680. The second kappa shape index (κ2) is 34.0. The molecule has 0 radical (unpaired) electrons. The van der Waals surface area contributed by atoms with Crippen LogP contribution in [0.15, 0.2) is 85.1 Å². The van der Waals surface area contributed by atoms with Crippen molar-refractivity contribution < 1.29 is 33.1 Å². The highest BCUT2D eigenvalue weighted by atomic mass is 31.2. The van der Waals surface area contributed by atoms with Gasteiger partial charge < -0.3 is 20.5 Å². The summed E-state index contributed by atoms with van der Waals surface area (Å²) in [5.41, 5.74) is 5.19. The molecule has 0 bridgehead atoms. The van der Waals surface area contributed by atoms with Crippen molar-refractivity contribution in [2.75, 3.05) is 26.4 Å². The Morgan fingerprint density at radius 3 is 1.57 bits per heavy atom. The van der Waals surface area contributed by atoms with Gasteiger partial charge in [0.15, 0.2) is 0 Å². The number of hydrogen-bond acceptors (Lipinski definition) is 7. The Kier molecular flexibility index (Phi) is 32.3. The summed E-state index contributed by atoms with van der Waals surface area (Å²) in [7, 11) is -4.26. The third-order valence-electron chi connectivity index (χ3n) is 6.53. The van der Waals surface area contributed by atoms with E-state index in [9.17, 15) is 19.4 Å². The molecule has 0 amide bonds. The summed E-state index contributed by atoms with van der Waals surface area (Å²) in [5, 5.41) is 9.74. The van der Waals surface area contributed by atoms with Crippen LogP contribution in [0.1, 0.15) is 110 Å². The van der Waals surface area contributed by atoms with Crippen LogP contribution in [0, 0.1) is 0 Å². The molecule has 0 aromatic carbocycles. The number of aliphatic hydroxyl groups excluding tert-OH is 1. The number of ether oxygens (including phenoxy) is 1. The lowest BCUT2D eigenvalue weighted by molar-refractivity contribution is -0.147. The molecule has 8 nitrogen and oxygen atoms in total. The van der Waals surface area contributed by atoms with Crippen LogP contribution in [0.4, 0.5) is 0 Å². The lowest BCUT2D eigenvalue weighted by Crippen LogP contribution is -2.23. The fourth-order valence-electron chi connectivity index (χ4n) is 4.02. The fourth-order valence-corrected chi connectivity index (χ4v) is 4.79. The molecule has 262 valence electrons. The summed E-state index contributed by atoms with van der Waals surface area (Å²) in [6.45, 7) is 1.30. The van der Waals surface area contributed by atoms with Crippen LogP contribution in [0.3, 0.4) is 0 Å². The van der Waals surface area contributed by atoms with Crippen molar-refractivity contribution in [1.82, 2.24) is 0 Å². The predicted molar refractivity (Wildman–Crippen MR) is 191 cm³/mol. The summed E-state index contributed by atoms with van der Waals surface area (Å²) in [4.78, 5) is 21.2. The Hall–Kier alpha value is -2.32. The van der Waals surface area contributed by atoms with Crippen molar-refractivity contribution in [2.24, 2.45) is 5.73 Å². The summed E-state index contributed by atoms with van der Waals surface area (Å²) in [5.74, 6) is -0.401.